The van der Waals surface area contributed by atoms with Crippen molar-refractivity contribution in [2.24, 2.45) is 5.92 Å². The third kappa shape index (κ3) is 4.97. The molecule has 1 fully saturated rings. The maximum Gasteiger partial charge on any atom is 0.317 e. The first-order valence-electron chi connectivity index (χ1n) is 8.14. The van der Waals surface area contributed by atoms with E-state index in [0.717, 1.165) is 12.0 Å². The first-order valence-corrected chi connectivity index (χ1v) is 8.14. The summed E-state index contributed by atoms with van der Waals surface area (Å²) in [4.78, 5) is 36.4. The summed E-state index contributed by atoms with van der Waals surface area (Å²) in [6.45, 7) is 2.70. The van der Waals surface area contributed by atoms with Crippen molar-refractivity contribution in [3.63, 3.8) is 0 Å². The molecule has 0 unspecified atom stereocenters. The molecule has 0 spiro atoms. The number of hydrogen-bond acceptors (Lipinski definition) is 3. The molecule has 0 radical (unpaired) electrons. The fraction of sp³-hybridized carbons (Fsp3) is 0.471. The van der Waals surface area contributed by atoms with Gasteiger partial charge in [0.1, 0.15) is 0 Å². The number of likely N-dealkylation sites (tertiary alicyclic amines) is 1. The molecule has 7 nitrogen and oxygen atoms in total. The fourth-order valence-corrected chi connectivity index (χ4v) is 2.67. The van der Waals surface area contributed by atoms with Gasteiger partial charge in [-0.25, -0.2) is 4.79 Å². The van der Waals surface area contributed by atoms with Crippen LogP contribution in [0.2, 0.25) is 0 Å². The van der Waals surface area contributed by atoms with Gasteiger partial charge < -0.3 is 20.6 Å². The van der Waals surface area contributed by atoms with E-state index in [0.29, 0.717) is 31.6 Å². The van der Waals surface area contributed by atoms with Crippen LogP contribution in [0.4, 0.5) is 10.5 Å². The summed E-state index contributed by atoms with van der Waals surface area (Å²) in [6.07, 6.45) is 1.77. The van der Waals surface area contributed by atoms with Crippen LogP contribution in [0.15, 0.2) is 24.3 Å². The SMILES string of the molecule is CCc1cccc(NC(=O)CNC(=O)N2CCC(C(=O)O)CC2)c1. The van der Waals surface area contributed by atoms with Crippen molar-refractivity contribution in [2.75, 3.05) is 25.0 Å². The molecule has 1 saturated heterocycles. The number of benzene rings is 1. The maximum atomic E-state index is 12.0. The molecule has 3 amide bonds. The summed E-state index contributed by atoms with van der Waals surface area (Å²) in [5.74, 6) is -1.50. The van der Waals surface area contributed by atoms with E-state index in [1.54, 1.807) is 11.0 Å². The van der Waals surface area contributed by atoms with Crippen LogP contribution in [-0.4, -0.2) is 47.5 Å². The first-order chi connectivity index (χ1) is 11.5. The minimum Gasteiger partial charge on any atom is -0.481 e. The van der Waals surface area contributed by atoms with Crippen molar-refractivity contribution in [1.82, 2.24) is 10.2 Å². The van der Waals surface area contributed by atoms with Crippen molar-refractivity contribution in [3.8, 4) is 0 Å². The van der Waals surface area contributed by atoms with Gasteiger partial charge in [0.05, 0.1) is 12.5 Å². The second-order valence-electron chi connectivity index (χ2n) is 5.86. The van der Waals surface area contributed by atoms with Gasteiger partial charge in [0.25, 0.3) is 0 Å². The van der Waals surface area contributed by atoms with E-state index in [4.69, 9.17) is 5.11 Å². The zero-order valence-electron chi connectivity index (χ0n) is 13.7. The number of anilines is 1. The van der Waals surface area contributed by atoms with Gasteiger partial charge in [-0.2, -0.15) is 0 Å². The average Bonchev–Trinajstić information content (AvgIpc) is 2.60. The van der Waals surface area contributed by atoms with Crippen molar-refractivity contribution < 1.29 is 19.5 Å². The summed E-state index contributed by atoms with van der Waals surface area (Å²) in [6, 6.07) is 7.22. The van der Waals surface area contributed by atoms with Gasteiger partial charge in [-0.15, -0.1) is 0 Å². The number of nitrogens with one attached hydrogen (secondary N) is 2. The highest BCUT2D eigenvalue weighted by Gasteiger charge is 2.26. The molecule has 1 aromatic carbocycles. The van der Waals surface area contributed by atoms with Crippen molar-refractivity contribution in [2.45, 2.75) is 26.2 Å². The second-order valence-corrected chi connectivity index (χ2v) is 5.86. The number of amides is 3. The van der Waals surface area contributed by atoms with E-state index in [1.807, 2.05) is 25.1 Å². The molecule has 130 valence electrons. The molecule has 3 N–H and O–H groups in total. The monoisotopic (exact) mass is 333 g/mol. The lowest BCUT2D eigenvalue weighted by atomic mass is 9.97. The summed E-state index contributed by atoms with van der Waals surface area (Å²) in [7, 11) is 0. The number of carbonyl (C=O) groups is 3. The molecule has 1 aliphatic heterocycles. The smallest absolute Gasteiger partial charge is 0.317 e. The zero-order valence-corrected chi connectivity index (χ0v) is 13.7. The number of carboxylic acid groups (broad SMARTS) is 1. The molecular weight excluding hydrogens is 310 g/mol. The number of rotatable bonds is 5. The molecule has 1 aliphatic rings. The molecule has 0 aromatic heterocycles. The summed E-state index contributed by atoms with van der Waals surface area (Å²) >= 11 is 0. The number of carboxylic acids is 1. The molecule has 0 atom stereocenters. The summed E-state index contributed by atoms with van der Waals surface area (Å²) in [5.41, 5.74) is 1.83. The average molecular weight is 333 g/mol. The minimum atomic E-state index is -0.816. The van der Waals surface area contributed by atoms with Crippen LogP contribution in [0.5, 0.6) is 0 Å². The molecule has 1 aromatic rings. The van der Waals surface area contributed by atoms with Crippen LogP contribution in [0.3, 0.4) is 0 Å². The van der Waals surface area contributed by atoms with Crippen LogP contribution in [-0.2, 0) is 16.0 Å². The minimum absolute atomic E-state index is 0.117. The van der Waals surface area contributed by atoms with Crippen LogP contribution in [0, 0.1) is 5.92 Å². The summed E-state index contributed by atoms with van der Waals surface area (Å²) in [5, 5.41) is 14.3. The third-order valence-electron chi connectivity index (χ3n) is 4.15. The van der Waals surface area contributed by atoms with E-state index in [9.17, 15) is 14.4 Å². The lowest BCUT2D eigenvalue weighted by Crippen LogP contribution is -2.47. The number of piperidine rings is 1. The Morgan fingerprint density at radius 1 is 1.25 bits per heavy atom. The second kappa shape index (κ2) is 8.33. The first kappa shape index (κ1) is 17.8. The van der Waals surface area contributed by atoms with E-state index in [-0.39, 0.29) is 24.4 Å². The molecule has 0 bridgehead atoms. The Bertz CT molecular complexity index is 610. The number of aryl methyl sites for hydroxylation is 1. The van der Waals surface area contributed by atoms with Gasteiger partial charge in [-0.3, -0.25) is 9.59 Å². The zero-order chi connectivity index (χ0) is 17.5. The van der Waals surface area contributed by atoms with Gasteiger partial charge in [0, 0.05) is 18.8 Å². The van der Waals surface area contributed by atoms with E-state index in [2.05, 4.69) is 10.6 Å². The Morgan fingerprint density at radius 2 is 1.96 bits per heavy atom. The maximum absolute atomic E-state index is 12.0. The Labute approximate surface area is 141 Å². The normalized spacial score (nSPS) is 15.0. The van der Waals surface area contributed by atoms with Gasteiger partial charge in [-0.05, 0) is 37.0 Å². The Hall–Kier alpha value is -2.57. The number of carbonyl (C=O) groups excluding carboxylic acids is 2. The fourth-order valence-electron chi connectivity index (χ4n) is 2.67. The van der Waals surface area contributed by atoms with Crippen LogP contribution in [0.1, 0.15) is 25.3 Å². The Balaban J connectivity index is 1.75. The molecular formula is C17H23N3O4. The highest BCUT2D eigenvalue weighted by molar-refractivity contribution is 5.94. The molecule has 0 aliphatic carbocycles. The van der Waals surface area contributed by atoms with Crippen molar-refractivity contribution in [1.29, 1.82) is 0 Å². The highest BCUT2D eigenvalue weighted by atomic mass is 16.4. The third-order valence-corrected chi connectivity index (χ3v) is 4.15. The quantitative estimate of drug-likeness (QED) is 0.763. The molecule has 1 heterocycles. The van der Waals surface area contributed by atoms with Crippen LogP contribution < -0.4 is 10.6 Å². The topological polar surface area (TPSA) is 98.7 Å². The van der Waals surface area contributed by atoms with Gasteiger partial charge in [0.15, 0.2) is 0 Å². The predicted molar refractivity (Wildman–Crippen MR) is 89.8 cm³/mol. The Kier molecular flexibility index (Phi) is 6.17. The van der Waals surface area contributed by atoms with E-state index in [1.165, 1.54) is 0 Å². The van der Waals surface area contributed by atoms with E-state index < -0.39 is 5.97 Å². The highest BCUT2D eigenvalue weighted by Crippen LogP contribution is 2.17. The van der Waals surface area contributed by atoms with Gasteiger partial charge >= 0.3 is 12.0 Å². The van der Waals surface area contributed by atoms with Crippen molar-refractivity contribution in [3.05, 3.63) is 29.8 Å². The van der Waals surface area contributed by atoms with Crippen molar-refractivity contribution >= 4 is 23.6 Å². The standard InChI is InChI=1S/C17H23N3O4/c1-2-12-4-3-5-14(10-12)19-15(21)11-18-17(24)20-8-6-13(7-9-20)16(22)23/h3-5,10,13H,2,6-9,11H2,1H3,(H,18,24)(H,19,21)(H,22,23). The van der Waals surface area contributed by atoms with E-state index >= 15 is 0 Å². The largest absolute Gasteiger partial charge is 0.481 e. The lowest BCUT2D eigenvalue weighted by Gasteiger charge is -2.30. The predicted octanol–water partition coefficient (Wildman–Crippen LogP) is 1.69. The van der Waals surface area contributed by atoms with Gasteiger partial charge in [-0.1, -0.05) is 19.1 Å². The summed E-state index contributed by atoms with van der Waals surface area (Å²) < 4.78 is 0. The number of nitrogens with zero attached hydrogens (tertiary/aromatic N) is 1. The molecule has 24 heavy (non-hydrogen) atoms. The lowest BCUT2D eigenvalue weighted by molar-refractivity contribution is -0.143. The molecule has 2 rings (SSSR count). The van der Waals surface area contributed by atoms with Crippen LogP contribution >= 0.6 is 0 Å². The molecule has 0 saturated carbocycles. The van der Waals surface area contributed by atoms with Gasteiger partial charge in [0.2, 0.25) is 5.91 Å². The number of urea groups is 1. The Morgan fingerprint density at radius 3 is 2.58 bits per heavy atom. The molecule has 7 heteroatoms. The van der Waals surface area contributed by atoms with Crippen LogP contribution in [0.25, 0.3) is 0 Å². The number of hydrogen-bond donors (Lipinski definition) is 3. The number of aliphatic carboxylic acids is 1.